The average Bonchev–Trinajstić information content (AvgIpc) is 2.91. The Morgan fingerprint density at radius 1 is 0.895 bits per heavy atom. The summed E-state index contributed by atoms with van der Waals surface area (Å²) in [4.78, 5) is 13.2. The summed E-state index contributed by atoms with van der Waals surface area (Å²) in [5, 5.41) is 22.1. The van der Waals surface area contributed by atoms with Gasteiger partial charge in [0.15, 0.2) is 0 Å². The number of rotatable bonds is 17. The molecular formula is C28H43NO8Si. The van der Waals surface area contributed by atoms with Crippen molar-refractivity contribution in [2.24, 2.45) is 11.1 Å². The molecule has 1 amide bonds. The molecule has 4 N–H and O–H groups in total. The lowest BCUT2D eigenvalue weighted by Gasteiger charge is -2.47. The number of hydrogen-bond donors (Lipinski definition) is 3. The van der Waals surface area contributed by atoms with Gasteiger partial charge in [-0.25, -0.2) is 0 Å². The highest BCUT2D eigenvalue weighted by Crippen LogP contribution is 2.39. The summed E-state index contributed by atoms with van der Waals surface area (Å²) in [6.07, 6.45) is -1.85. The maximum atomic E-state index is 13.2. The van der Waals surface area contributed by atoms with E-state index in [1.165, 1.54) is 14.2 Å². The van der Waals surface area contributed by atoms with Crippen molar-refractivity contribution < 1.29 is 38.4 Å². The van der Waals surface area contributed by atoms with E-state index >= 15 is 0 Å². The number of benzene rings is 2. The molecule has 0 aliphatic carbocycles. The van der Waals surface area contributed by atoms with Gasteiger partial charge in [-0.3, -0.25) is 4.79 Å². The van der Waals surface area contributed by atoms with Crippen LogP contribution in [-0.2, 0) is 28.2 Å². The largest absolute Gasteiger partial charge is 0.406 e. The fourth-order valence-electron chi connectivity index (χ4n) is 4.87. The molecule has 0 aliphatic heterocycles. The number of carbonyl (C=O) groups excluding carboxylic acids is 1. The molecule has 10 heteroatoms. The lowest BCUT2D eigenvalue weighted by atomic mass is 9.79. The van der Waals surface area contributed by atoms with E-state index in [0.717, 1.165) is 10.4 Å². The minimum absolute atomic E-state index is 0.103. The van der Waals surface area contributed by atoms with E-state index in [9.17, 15) is 15.0 Å². The summed E-state index contributed by atoms with van der Waals surface area (Å²) in [5.41, 5.74) is 4.28. The number of carbonyl (C=O) groups is 1. The Hall–Kier alpha value is -2.15. The van der Waals surface area contributed by atoms with Crippen molar-refractivity contribution in [1.82, 2.24) is 0 Å². The summed E-state index contributed by atoms with van der Waals surface area (Å²) < 4.78 is 28.9. The third-order valence-electron chi connectivity index (χ3n) is 6.80. The highest BCUT2D eigenvalue weighted by molar-refractivity contribution is 6.99. The molecule has 0 saturated heterocycles. The monoisotopic (exact) mass is 549 g/mol. The molecule has 0 saturated carbocycles. The molecule has 0 bridgehead atoms. The van der Waals surface area contributed by atoms with Gasteiger partial charge in [-0.05, 0) is 21.8 Å². The van der Waals surface area contributed by atoms with Gasteiger partial charge in [0, 0.05) is 20.8 Å². The molecule has 0 heterocycles. The third-order valence-corrected chi connectivity index (χ3v) is 11.8. The van der Waals surface area contributed by atoms with Crippen molar-refractivity contribution in [1.29, 1.82) is 0 Å². The van der Waals surface area contributed by atoms with Crippen LogP contribution in [0.5, 0.6) is 0 Å². The van der Waals surface area contributed by atoms with Crippen molar-refractivity contribution in [3.63, 3.8) is 0 Å². The maximum Gasteiger partial charge on any atom is 0.261 e. The van der Waals surface area contributed by atoms with Crippen LogP contribution < -0.4 is 16.1 Å². The van der Waals surface area contributed by atoms with Gasteiger partial charge in [0.25, 0.3) is 8.32 Å². The van der Waals surface area contributed by atoms with Crippen molar-refractivity contribution in [3.8, 4) is 0 Å². The van der Waals surface area contributed by atoms with Crippen LogP contribution in [0.25, 0.3) is 0 Å². The number of amides is 1. The molecule has 3 atom stereocenters. The van der Waals surface area contributed by atoms with Crippen LogP contribution in [0.3, 0.4) is 0 Å². The SMILES string of the molecule is COCO[C@@H](CCO)[C@@H](OCOC)[C@](CO)(CO[Si](c1ccccc1)(c1ccccc1)C(C)(C)C)C(N)=O. The van der Waals surface area contributed by atoms with Crippen LogP contribution in [0.1, 0.15) is 27.2 Å². The van der Waals surface area contributed by atoms with Gasteiger partial charge in [-0.1, -0.05) is 81.4 Å². The lowest BCUT2D eigenvalue weighted by Crippen LogP contribution is -2.69. The van der Waals surface area contributed by atoms with E-state index in [1.807, 2.05) is 60.7 Å². The highest BCUT2D eigenvalue weighted by atomic mass is 28.4. The topological polar surface area (TPSA) is 130 Å². The van der Waals surface area contributed by atoms with Gasteiger partial charge in [-0.2, -0.15) is 0 Å². The zero-order chi connectivity index (χ0) is 28.2. The number of aliphatic hydroxyl groups excluding tert-OH is 2. The van der Waals surface area contributed by atoms with Crippen LogP contribution in [-0.4, -0.2) is 84.3 Å². The van der Waals surface area contributed by atoms with Crippen molar-refractivity contribution in [2.75, 3.05) is 47.6 Å². The molecule has 2 rings (SSSR count). The first kappa shape index (κ1) is 32.1. The fourth-order valence-corrected chi connectivity index (χ4v) is 9.50. The van der Waals surface area contributed by atoms with Crippen molar-refractivity contribution in [3.05, 3.63) is 60.7 Å². The van der Waals surface area contributed by atoms with E-state index in [4.69, 9.17) is 29.1 Å². The minimum Gasteiger partial charge on any atom is -0.406 e. The Kier molecular flexibility index (Phi) is 12.5. The summed E-state index contributed by atoms with van der Waals surface area (Å²) in [5.74, 6) is -0.817. The first-order valence-corrected chi connectivity index (χ1v) is 14.5. The molecule has 2 aromatic rings. The molecule has 9 nitrogen and oxygen atoms in total. The molecule has 0 unspecified atom stereocenters. The number of aliphatic hydroxyl groups is 2. The zero-order valence-electron chi connectivity index (χ0n) is 23.1. The Bertz CT molecular complexity index is 917. The summed E-state index contributed by atoms with van der Waals surface area (Å²) in [6.45, 7) is 4.84. The van der Waals surface area contributed by atoms with Crippen molar-refractivity contribution >= 4 is 24.6 Å². The summed E-state index contributed by atoms with van der Waals surface area (Å²) in [6, 6.07) is 19.9. The number of methoxy groups -OCH3 is 2. The Balaban J connectivity index is 2.70. The van der Waals surface area contributed by atoms with Gasteiger partial charge in [-0.15, -0.1) is 0 Å². The van der Waals surface area contributed by atoms with E-state index in [-0.39, 0.29) is 38.3 Å². The van der Waals surface area contributed by atoms with Crippen LogP contribution in [0.4, 0.5) is 0 Å². The Labute approximate surface area is 226 Å². The normalized spacial score (nSPS) is 15.6. The number of ether oxygens (including phenoxy) is 4. The second-order valence-corrected chi connectivity index (χ2v) is 14.6. The van der Waals surface area contributed by atoms with Crippen LogP contribution in [0.2, 0.25) is 5.04 Å². The highest BCUT2D eigenvalue weighted by Gasteiger charge is 2.55. The van der Waals surface area contributed by atoms with Gasteiger partial charge in [0.1, 0.15) is 25.1 Å². The average molecular weight is 550 g/mol. The number of nitrogens with two attached hydrogens (primary N) is 1. The quantitative estimate of drug-likeness (QED) is 0.199. The first-order chi connectivity index (χ1) is 18.1. The summed E-state index contributed by atoms with van der Waals surface area (Å²) >= 11 is 0. The van der Waals surface area contributed by atoms with Gasteiger partial charge < -0.3 is 39.3 Å². The minimum atomic E-state index is -3.10. The molecule has 38 heavy (non-hydrogen) atoms. The van der Waals surface area contributed by atoms with E-state index in [1.54, 1.807) is 0 Å². The van der Waals surface area contributed by atoms with Gasteiger partial charge in [0.05, 0.1) is 19.3 Å². The number of hydrogen-bond acceptors (Lipinski definition) is 8. The second kappa shape index (κ2) is 14.9. The fraction of sp³-hybridized carbons (Fsp3) is 0.536. The molecular weight excluding hydrogens is 506 g/mol. The van der Waals surface area contributed by atoms with Crippen LogP contribution in [0, 0.1) is 5.41 Å². The van der Waals surface area contributed by atoms with Gasteiger partial charge in [0.2, 0.25) is 5.91 Å². The molecule has 2 aromatic carbocycles. The second-order valence-electron chi connectivity index (χ2n) is 10.2. The molecule has 212 valence electrons. The van der Waals surface area contributed by atoms with Crippen molar-refractivity contribution in [2.45, 2.75) is 44.4 Å². The lowest BCUT2D eigenvalue weighted by molar-refractivity contribution is -0.208. The smallest absolute Gasteiger partial charge is 0.261 e. The Morgan fingerprint density at radius 3 is 1.79 bits per heavy atom. The predicted molar refractivity (Wildman–Crippen MR) is 147 cm³/mol. The van der Waals surface area contributed by atoms with Crippen LogP contribution in [0.15, 0.2) is 60.7 Å². The zero-order valence-corrected chi connectivity index (χ0v) is 24.1. The predicted octanol–water partition coefficient (Wildman–Crippen LogP) is 1.39. The maximum absolute atomic E-state index is 13.2. The van der Waals surface area contributed by atoms with E-state index < -0.39 is 38.5 Å². The van der Waals surface area contributed by atoms with Crippen LogP contribution >= 0.6 is 0 Å². The molecule has 0 aliphatic rings. The molecule has 0 spiro atoms. The molecule has 0 radical (unpaired) electrons. The number of primary amides is 1. The Morgan fingerprint density at radius 2 is 1.39 bits per heavy atom. The standard InChI is InChI=1S/C28H43NO8Si/c1-27(2,3)38(22-12-8-6-9-13-22,23-14-10-7-11-15-23)37-19-28(18-31,26(29)32)25(36-21-34-5)24(16-17-30)35-20-33-4/h6-15,24-25,30-31H,16-21H2,1-5H3,(H2,29,32)/t24-,25+,28-/m0/s1. The van der Waals surface area contributed by atoms with E-state index in [0.29, 0.717) is 0 Å². The first-order valence-electron chi connectivity index (χ1n) is 12.6. The third kappa shape index (κ3) is 7.07. The van der Waals surface area contributed by atoms with E-state index in [2.05, 4.69) is 20.8 Å². The molecule has 0 fully saturated rings. The van der Waals surface area contributed by atoms with Gasteiger partial charge >= 0.3 is 0 Å². The summed E-state index contributed by atoms with van der Waals surface area (Å²) in [7, 11) is -0.196. The molecule has 0 aromatic heterocycles.